The van der Waals surface area contributed by atoms with E-state index in [4.69, 9.17) is 4.74 Å². The van der Waals surface area contributed by atoms with Gasteiger partial charge in [-0.2, -0.15) is 0 Å². The lowest BCUT2D eigenvalue weighted by Crippen LogP contribution is -2.52. The van der Waals surface area contributed by atoms with Crippen LogP contribution in [0.1, 0.15) is 37.7 Å². The standard InChI is InChI=1S/C16H23NO2/c1-19-15-7-5-13(6-8-15)16(18)10-9-14-4-2-3-11-17(14)12-16/h5-8,14,18H,2-4,9-12H2,1H3/t14-,16+/m1/s1. The topological polar surface area (TPSA) is 32.7 Å². The molecule has 0 spiro atoms. The molecule has 2 atom stereocenters. The molecule has 19 heavy (non-hydrogen) atoms. The van der Waals surface area contributed by atoms with Crippen LogP contribution in [0.5, 0.6) is 5.75 Å². The van der Waals surface area contributed by atoms with Gasteiger partial charge in [0.05, 0.1) is 7.11 Å². The summed E-state index contributed by atoms with van der Waals surface area (Å²) in [7, 11) is 1.67. The second-order valence-corrected chi connectivity index (χ2v) is 5.92. The summed E-state index contributed by atoms with van der Waals surface area (Å²) in [5.41, 5.74) is 0.345. The average Bonchev–Trinajstić information content (AvgIpc) is 2.47. The van der Waals surface area contributed by atoms with Crippen molar-refractivity contribution in [3.63, 3.8) is 0 Å². The van der Waals surface area contributed by atoms with E-state index >= 15 is 0 Å². The van der Waals surface area contributed by atoms with Crippen LogP contribution in [-0.2, 0) is 5.60 Å². The monoisotopic (exact) mass is 261 g/mol. The van der Waals surface area contributed by atoms with Gasteiger partial charge in [0.25, 0.3) is 0 Å². The number of hydrogen-bond donors (Lipinski definition) is 1. The lowest BCUT2D eigenvalue weighted by molar-refractivity contribution is -0.0661. The normalized spacial score (nSPS) is 31.8. The van der Waals surface area contributed by atoms with Crippen LogP contribution in [-0.4, -0.2) is 36.2 Å². The SMILES string of the molecule is COc1ccc([C@]2(O)CC[C@H]3CCCCN3C2)cc1. The number of nitrogens with zero attached hydrogens (tertiary/aromatic N) is 1. The Kier molecular flexibility index (Phi) is 3.50. The maximum Gasteiger partial charge on any atom is 0.118 e. The van der Waals surface area contributed by atoms with E-state index < -0.39 is 5.60 Å². The van der Waals surface area contributed by atoms with Crippen LogP contribution in [0.2, 0.25) is 0 Å². The number of aliphatic hydroxyl groups is 1. The lowest BCUT2D eigenvalue weighted by atomic mass is 9.80. The van der Waals surface area contributed by atoms with Crippen LogP contribution in [0.25, 0.3) is 0 Å². The van der Waals surface area contributed by atoms with Gasteiger partial charge in [0, 0.05) is 12.6 Å². The van der Waals surface area contributed by atoms with Gasteiger partial charge >= 0.3 is 0 Å². The largest absolute Gasteiger partial charge is 0.497 e. The van der Waals surface area contributed by atoms with Crippen LogP contribution in [0, 0.1) is 0 Å². The van der Waals surface area contributed by atoms with Crippen molar-refractivity contribution in [1.29, 1.82) is 0 Å². The predicted molar refractivity (Wildman–Crippen MR) is 75.3 cm³/mol. The van der Waals surface area contributed by atoms with E-state index in [2.05, 4.69) is 4.90 Å². The van der Waals surface area contributed by atoms with Gasteiger partial charge in [-0.25, -0.2) is 0 Å². The van der Waals surface area contributed by atoms with E-state index in [9.17, 15) is 5.11 Å². The molecular weight excluding hydrogens is 238 g/mol. The molecule has 1 aromatic carbocycles. The first-order valence-electron chi connectivity index (χ1n) is 7.32. The Bertz CT molecular complexity index is 431. The van der Waals surface area contributed by atoms with Crippen LogP contribution < -0.4 is 4.74 Å². The quantitative estimate of drug-likeness (QED) is 0.888. The van der Waals surface area contributed by atoms with Gasteiger partial charge in [-0.3, -0.25) is 4.90 Å². The minimum atomic E-state index is -0.680. The minimum Gasteiger partial charge on any atom is -0.497 e. The van der Waals surface area contributed by atoms with Crippen molar-refractivity contribution < 1.29 is 9.84 Å². The molecule has 0 amide bonds. The van der Waals surface area contributed by atoms with Crippen molar-refractivity contribution in [1.82, 2.24) is 4.90 Å². The third-order valence-corrected chi connectivity index (χ3v) is 4.73. The number of hydrogen-bond acceptors (Lipinski definition) is 3. The average molecular weight is 261 g/mol. The molecule has 1 N–H and O–H groups in total. The highest BCUT2D eigenvalue weighted by molar-refractivity contribution is 5.31. The Labute approximate surface area is 115 Å². The van der Waals surface area contributed by atoms with E-state index in [0.29, 0.717) is 6.04 Å². The molecule has 0 bridgehead atoms. The first-order valence-corrected chi connectivity index (χ1v) is 7.32. The van der Waals surface area contributed by atoms with Crippen molar-refractivity contribution in [2.24, 2.45) is 0 Å². The molecule has 2 aliphatic rings. The summed E-state index contributed by atoms with van der Waals surface area (Å²) in [6.07, 6.45) is 5.92. The highest BCUT2D eigenvalue weighted by Crippen LogP contribution is 2.37. The molecule has 104 valence electrons. The first-order chi connectivity index (χ1) is 9.21. The highest BCUT2D eigenvalue weighted by Gasteiger charge is 2.39. The number of benzene rings is 1. The molecule has 2 saturated heterocycles. The fourth-order valence-corrected chi connectivity index (χ4v) is 3.55. The Balaban J connectivity index is 1.78. The molecule has 2 fully saturated rings. The number of rotatable bonds is 2. The number of piperidine rings is 2. The van der Waals surface area contributed by atoms with E-state index in [1.807, 2.05) is 24.3 Å². The lowest BCUT2D eigenvalue weighted by Gasteiger charge is -2.46. The van der Waals surface area contributed by atoms with Gasteiger partial charge in [-0.05, 0) is 49.9 Å². The van der Waals surface area contributed by atoms with Crippen molar-refractivity contribution in [3.8, 4) is 5.75 Å². The Morgan fingerprint density at radius 3 is 2.74 bits per heavy atom. The van der Waals surface area contributed by atoms with Crippen molar-refractivity contribution >= 4 is 0 Å². The van der Waals surface area contributed by atoms with Crippen LogP contribution in [0.4, 0.5) is 0 Å². The smallest absolute Gasteiger partial charge is 0.118 e. The van der Waals surface area contributed by atoms with Gasteiger partial charge in [0.1, 0.15) is 11.4 Å². The molecule has 3 nitrogen and oxygen atoms in total. The molecule has 0 unspecified atom stereocenters. The molecule has 0 aliphatic carbocycles. The Hall–Kier alpha value is -1.06. The minimum absolute atomic E-state index is 0.680. The van der Waals surface area contributed by atoms with Gasteiger partial charge in [-0.15, -0.1) is 0 Å². The van der Waals surface area contributed by atoms with Crippen LogP contribution in [0.3, 0.4) is 0 Å². The van der Waals surface area contributed by atoms with Crippen LogP contribution >= 0.6 is 0 Å². The molecule has 2 heterocycles. The maximum absolute atomic E-state index is 11.0. The summed E-state index contributed by atoms with van der Waals surface area (Å²) in [5.74, 6) is 0.846. The summed E-state index contributed by atoms with van der Waals surface area (Å²) in [4.78, 5) is 2.48. The van der Waals surface area contributed by atoms with Gasteiger partial charge in [-0.1, -0.05) is 18.6 Å². The zero-order chi connectivity index (χ0) is 13.3. The van der Waals surface area contributed by atoms with Gasteiger partial charge in [0.2, 0.25) is 0 Å². The Morgan fingerprint density at radius 2 is 2.00 bits per heavy atom. The van der Waals surface area contributed by atoms with Crippen molar-refractivity contribution in [2.75, 3.05) is 20.2 Å². The molecule has 3 rings (SSSR count). The second kappa shape index (κ2) is 5.14. The van der Waals surface area contributed by atoms with Crippen molar-refractivity contribution in [2.45, 2.75) is 43.7 Å². The van der Waals surface area contributed by atoms with E-state index in [-0.39, 0.29) is 0 Å². The number of ether oxygens (including phenoxy) is 1. The predicted octanol–water partition coefficient (Wildman–Crippen LogP) is 2.53. The summed E-state index contributed by atoms with van der Waals surface area (Å²) in [6, 6.07) is 8.59. The van der Waals surface area contributed by atoms with E-state index in [1.165, 1.54) is 19.3 Å². The molecule has 0 aromatic heterocycles. The van der Waals surface area contributed by atoms with E-state index in [0.717, 1.165) is 37.2 Å². The molecule has 1 aromatic rings. The first kappa shape index (κ1) is 12.9. The molecule has 3 heteroatoms. The summed E-state index contributed by atoms with van der Waals surface area (Å²) in [6.45, 7) is 1.92. The zero-order valence-corrected chi connectivity index (χ0v) is 11.6. The molecule has 0 saturated carbocycles. The summed E-state index contributed by atoms with van der Waals surface area (Å²) < 4.78 is 5.18. The summed E-state index contributed by atoms with van der Waals surface area (Å²) in [5, 5.41) is 11.0. The third-order valence-electron chi connectivity index (χ3n) is 4.73. The van der Waals surface area contributed by atoms with Crippen LogP contribution in [0.15, 0.2) is 24.3 Å². The Morgan fingerprint density at radius 1 is 1.21 bits per heavy atom. The maximum atomic E-state index is 11.0. The third kappa shape index (κ3) is 2.49. The molecule has 2 aliphatic heterocycles. The van der Waals surface area contributed by atoms with Gasteiger partial charge in [0.15, 0.2) is 0 Å². The second-order valence-electron chi connectivity index (χ2n) is 5.92. The number of fused-ring (bicyclic) bond motifs is 1. The fourth-order valence-electron chi connectivity index (χ4n) is 3.55. The van der Waals surface area contributed by atoms with Crippen molar-refractivity contribution in [3.05, 3.63) is 29.8 Å². The summed E-state index contributed by atoms with van der Waals surface area (Å²) >= 11 is 0. The highest BCUT2D eigenvalue weighted by atomic mass is 16.5. The fraction of sp³-hybridized carbons (Fsp3) is 0.625. The van der Waals surface area contributed by atoms with Gasteiger partial charge < -0.3 is 9.84 Å². The van der Waals surface area contributed by atoms with E-state index in [1.54, 1.807) is 7.11 Å². The zero-order valence-electron chi connectivity index (χ0n) is 11.6. The molecule has 0 radical (unpaired) electrons. The molecular formula is C16H23NO2. The number of methoxy groups -OCH3 is 1.